The third-order valence-corrected chi connectivity index (χ3v) is 2.99. The average molecular weight is 222 g/mol. The van der Waals surface area contributed by atoms with Gasteiger partial charge in [0, 0.05) is 30.9 Å². The summed E-state index contributed by atoms with van der Waals surface area (Å²) in [7, 11) is 2.00. The van der Waals surface area contributed by atoms with Crippen LogP contribution in [0.5, 0.6) is 0 Å². The normalized spacial score (nSPS) is 12.9. The van der Waals surface area contributed by atoms with Crippen molar-refractivity contribution < 1.29 is 0 Å². The highest BCUT2D eigenvalue weighted by molar-refractivity contribution is 7.07. The summed E-state index contributed by atoms with van der Waals surface area (Å²) in [5, 5.41) is 5.45. The molecule has 15 heavy (non-hydrogen) atoms. The van der Waals surface area contributed by atoms with Crippen LogP contribution in [-0.4, -0.2) is 14.5 Å². The molecule has 1 unspecified atom stereocenters. The van der Waals surface area contributed by atoms with E-state index in [1.165, 1.54) is 0 Å². The van der Waals surface area contributed by atoms with Crippen LogP contribution in [-0.2, 0) is 13.6 Å². The molecule has 0 fully saturated rings. The van der Waals surface area contributed by atoms with Gasteiger partial charge in [0.2, 0.25) is 0 Å². The summed E-state index contributed by atoms with van der Waals surface area (Å²) in [4.78, 5) is 8.52. The molecule has 0 aliphatic rings. The largest absolute Gasteiger partial charge is 0.337 e. The maximum Gasteiger partial charge on any atom is 0.122 e. The van der Waals surface area contributed by atoms with Gasteiger partial charge < -0.3 is 9.88 Å². The molecule has 0 aromatic carbocycles. The van der Waals surface area contributed by atoms with E-state index < -0.39 is 0 Å². The molecule has 0 saturated heterocycles. The molecule has 0 bridgehead atoms. The van der Waals surface area contributed by atoms with Crippen molar-refractivity contribution in [1.82, 2.24) is 19.9 Å². The molecule has 5 heteroatoms. The fourth-order valence-corrected chi connectivity index (χ4v) is 2.00. The molecule has 2 aromatic rings. The van der Waals surface area contributed by atoms with Gasteiger partial charge in [0.05, 0.1) is 17.7 Å². The van der Waals surface area contributed by atoms with Gasteiger partial charge in [-0.05, 0) is 6.92 Å². The van der Waals surface area contributed by atoms with Crippen molar-refractivity contribution in [2.45, 2.75) is 19.5 Å². The summed E-state index contributed by atoms with van der Waals surface area (Å²) in [5.41, 5.74) is 2.95. The maximum absolute atomic E-state index is 4.27. The lowest BCUT2D eigenvalue weighted by Crippen LogP contribution is -2.20. The van der Waals surface area contributed by atoms with Crippen LogP contribution in [0.25, 0.3) is 0 Å². The minimum atomic E-state index is 0.271. The summed E-state index contributed by atoms with van der Waals surface area (Å²) in [6, 6.07) is 0.271. The lowest BCUT2D eigenvalue weighted by atomic mass is 10.2. The fourth-order valence-electron chi connectivity index (χ4n) is 1.35. The molecule has 2 aromatic heterocycles. The monoisotopic (exact) mass is 222 g/mol. The number of imidazole rings is 1. The van der Waals surface area contributed by atoms with Gasteiger partial charge in [-0.3, -0.25) is 0 Å². The van der Waals surface area contributed by atoms with E-state index >= 15 is 0 Å². The Morgan fingerprint density at radius 2 is 2.40 bits per heavy atom. The standard InChI is InChI=1S/C10H14N4S/c1-8(9-6-15-7-13-9)12-5-10-11-3-4-14(10)2/h3-4,6-8,12H,5H2,1-2H3. The Bertz CT molecular complexity index is 407. The van der Waals surface area contributed by atoms with Gasteiger partial charge in [-0.1, -0.05) is 0 Å². The zero-order valence-electron chi connectivity index (χ0n) is 8.84. The molecular weight excluding hydrogens is 208 g/mol. The molecule has 0 spiro atoms. The van der Waals surface area contributed by atoms with Gasteiger partial charge in [-0.25, -0.2) is 9.97 Å². The summed E-state index contributed by atoms with van der Waals surface area (Å²) in [5.74, 6) is 1.04. The first kappa shape index (κ1) is 10.3. The minimum Gasteiger partial charge on any atom is -0.337 e. The zero-order valence-corrected chi connectivity index (χ0v) is 9.66. The molecule has 1 atom stereocenters. The van der Waals surface area contributed by atoms with Crippen molar-refractivity contribution in [2.24, 2.45) is 7.05 Å². The first-order valence-electron chi connectivity index (χ1n) is 4.85. The van der Waals surface area contributed by atoms with Crippen molar-refractivity contribution in [3.05, 3.63) is 34.8 Å². The number of nitrogens with zero attached hydrogens (tertiary/aromatic N) is 3. The first-order chi connectivity index (χ1) is 7.27. The van der Waals surface area contributed by atoms with E-state index in [2.05, 4.69) is 27.6 Å². The predicted molar refractivity (Wildman–Crippen MR) is 60.6 cm³/mol. The number of hydrogen-bond acceptors (Lipinski definition) is 4. The Morgan fingerprint density at radius 1 is 1.53 bits per heavy atom. The van der Waals surface area contributed by atoms with Gasteiger partial charge in [0.25, 0.3) is 0 Å². The number of rotatable bonds is 4. The topological polar surface area (TPSA) is 42.7 Å². The number of aromatic nitrogens is 3. The smallest absolute Gasteiger partial charge is 0.122 e. The van der Waals surface area contributed by atoms with Crippen LogP contribution in [0.3, 0.4) is 0 Å². The molecular formula is C10H14N4S. The SMILES string of the molecule is CC(NCc1nccn1C)c1cscn1. The number of thiazole rings is 1. The molecule has 1 N–H and O–H groups in total. The fraction of sp³-hybridized carbons (Fsp3) is 0.400. The molecule has 0 radical (unpaired) electrons. The number of nitrogens with one attached hydrogen (secondary N) is 1. The van der Waals surface area contributed by atoms with E-state index in [1.807, 2.05) is 29.5 Å². The second kappa shape index (κ2) is 4.55. The quantitative estimate of drug-likeness (QED) is 0.856. The van der Waals surface area contributed by atoms with Crippen molar-refractivity contribution in [3.8, 4) is 0 Å². The Balaban J connectivity index is 1.91. The third kappa shape index (κ3) is 2.43. The molecule has 2 rings (SSSR count). The van der Waals surface area contributed by atoms with Crippen molar-refractivity contribution in [3.63, 3.8) is 0 Å². The lowest BCUT2D eigenvalue weighted by molar-refractivity contribution is 0.540. The number of hydrogen-bond donors (Lipinski definition) is 1. The predicted octanol–water partition coefficient (Wildman–Crippen LogP) is 1.73. The Labute approximate surface area is 93.0 Å². The van der Waals surface area contributed by atoms with Crippen LogP contribution in [0.1, 0.15) is 24.5 Å². The second-order valence-electron chi connectivity index (χ2n) is 3.47. The number of aryl methyl sites for hydroxylation is 1. The minimum absolute atomic E-state index is 0.271. The van der Waals surface area contributed by atoms with E-state index in [0.717, 1.165) is 18.1 Å². The zero-order chi connectivity index (χ0) is 10.7. The van der Waals surface area contributed by atoms with Crippen LogP contribution in [0, 0.1) is 0 Å². The molecule has 80 valence electrons. The van der Waals surface area contributed by atoms with Crippen molar-refractivity contribution in [2.75, 3.05) is 0 Å². The molecule has 4 nitrogen and oxygen atoms in total. The Hall–Kier alpha value is -1.20. The third-order valence-electron chi connectivity index (χ3n) is 2.38. The maximum atomic E-state index is 4.27. The summed E-state index contributed by atoms with van der Waals surface area (Å²) >= 11 is 1.62. The highest BCUT2D eigenvalue weighted by Gasteiger charge is 2.07. The van der Waals surface area contributed by atoms with Crippen LogP contribution >= 0.6 is 11.3 Å². The summed E-state index contributed by atoms with van der Waals surface area (Å²) < 4.78 is 2.01. The highest BCUT2D eigenvalue weighted by atomic mass is 32.1. The van der Waals surface area contributed by atoms with Crippen LogP contribution < -0.4 is 5.32 Å². The highest BCUT2D eigenvalue weighted by Crippen LogP contribution is 2.12. The molecule has 0 amide bonds. The van der Waals surface area contributed by atoms with Crippen LogP contribution in [0.4, 0.5) is 0 Å². The van der Waals surface area contributed by atoms with Crippen molar-refractivity contribution in [1.29, 1.82) is 0 Å². The molecule has 2 heterocycles. The molecule has 0 aliphatic carbocycles. The summed E-state index contributed by atoms with van der Waals surface area (Å²) in [6.07, 6.45) is 3.76. The Kier molecular flexibility index (Phi) is 3.13. The summed E-state index contributed by atoms with van der Waals surface area (Å²) in [6.45, 7) is 2.88. The van der Waals surface area contributed by atoms with Crippen LogP contribution in [0.15, 0.2) is 23.3 Å². The average Bonchev–Trinajstić information content (AvgIpc) is 2.85. The second-order valence-corrected chi connectivity index (χ2v) is 4.19. The van der Waals surface area contributed by atoms with Crippen molar-refractivity contribution >= 4 is 11.3 Å². The van der Waals surface area contributed by atoms with Gasteiger partial charge in [0.15, 0.2) is 0 Å². The van der Waals surface area contributed by atoms with Gasteiger partial charge >= 0.3 is 0 Å². The molecule has 0 saturated carbocycles. The lowest BCUT2D eigenvalue weighted by Gasteiger charge is -2.10. The van der Waals surface area contributed by atoms with E-state index in [4.69, 9.17) is 0 Å². The van der Waals surface area contributed by atoms with Gasteiger partial charge in [-0.15, -0.1) is 11.3 Å². The first-order valence-corrected chi connectivity index (χ1v) is 5.79. The van der Waals surface area contributed by atoms with E-state index in [-0.39, 0.29) is 6.04 Å². The van der Waals surface area contributed by atoms with E-state index in [0.29, 0.717) is 0 Å². The van der Waals surface area contributed by atoms with E-state index in [1.54, 1.807) is 11.3 Å². The van der Waals surface area contributed by atoms with Gasteiger partial charge in [0.1, 0.15) is 5.82 Å². The Morgan fingerprint density at radius 3 is 3.00 bits per heavy atom. The van der Waals surface area contributed by atoms with Crippen LogP contribution in [0.2, 0.25) is 0 Å². The van der Waals surface area contributed by atoms with Gasteiger partial charge in [-0.2, -0.15) is 0 Å². The van der Waals surface area contributed by atoms with E-state index in [9.17, 15) is 0 Å². The molecule has 0 aliphatic heterocycles.